The fraction of sp³-hybridized carbons (Fsp3) is 1.00. The maximum atomic E-state index is 3.69. The molecule has 0 bridgehead atoms. The van der Waals surface area contributed by atoms with Crippen LogP contribution in [0.1, 0.15) is 52.9 Å². The van der Waals surface area contributed by atoms with Crippen LogP contribution in [0, 0.1) is 0 Å². The molecule has 1 aliphatic carbocycles. The third-order valence-corrected chi connectivity index (χ3v) is 4.80. The maximum Gasteiger partial charge on any atom is 0.0203 e. The number of nitrogens with one attached hydrogen (secondary N) is 1. The minimum atomic E-state index is 0.800. The summed E-state index contributed by atoms with van der Waals surface area (Å²) < 4.78 is 0. The van der Waals surface area contributed by atoms with Crippen LogP contribution in [0.5, 0.6) is 0 Å². The molecule has 1 N–H and O–H groups in total. The molecule has 1 saturated carbocycles. The van der Waals surface area contributed by atoms with Gasteiger partial charge in [-0.2, -0.15) is 11.8 Å². The lowest BCUT2D eigenvalue weighted by atomic mass is 10.2. The van der Waals surface area contributed by atoms with E-state index in [1.165, 1.54) is 38.6 Å². The van der Waals surface area contributed by atoms with E-state index in [-0.39, 0.29) is 0 Å². The lowest BCUT2D eigenvalue weighted by Crippen LogP contribution is -2.35. The van der Waals surface area contributed by atoms with Crippen molar-refractivity contribution in [3.8, 4) is 0 Å². The summed E-state index contributed by atoms with van der Waals surface area (Å²) in [5.74, 6) is 0. The molecule has 1 nitrogen and oxygen atoms in total. The van der Waals surface area contributed by atoms with Gasteiger partial charge in [-0.25, -0.2) is 0 Å². The lowest BCUT2D eigenvalue weighted by Gasteiger charge is -2.23. The van der Waals surface area contributed by atoms with E-state index in [0.717, 1.165) is 16.5 Å². The molecular weight excluding hydrogens is 190 g/mol. The highest BCUT2D eigenvalue weighted by molar-refractivity contribution is 8.00. The van der Waals surface area contributed by atoms with E-state index in [1.807, 2.05) is 0 Å². The number of hydrogen-bond donors (Lipinski definition) is 1. The SMILES string of the molecule is CCCNC1CCCC1SC(C)CC. The largest absolute Gasteiger partial charge is 0.313 e. The fourth-order valence-corrected chi connectivity index (χ4v) is 3.56. The lowest BCUT2D eigenvalue weighted by molar-refractivity contribution is 0.530. The number of hydrogen-bond acceptors (Lipinski definition) is 2. The predicted molar refractivity (Wildman–Crippen MR) is 67.1 cm³/mol. The van der Waals surface area contributed by atoms with Gasteiger partial charge in [-0.05, 0) is 32.2 Å². The van der Waals surface area contributed by atoms with E-state index in [1.54, 1.807) is 0 Å². The molecule has 1 rings (SSSR count). The summed E-state index contributed by atoms with van der Waals surface area (Å²) in [6.07, 6.45) is 6.82. The molecule has 0 saturated heterocycles. The van der Waals surface area contributed by atoms with Crippen LogP contribution in [0.4, 0.5) is 0 Å². The molecule has 0 heterocycles. The molecule has 0 radical (unpaired) electrons. The van der Waals surface area contributed by atoms with Crippen molar-refractivity contribution in [1.82, 2.24) is 5.32 Å². The molecule has 0 spiro atoms. The van der Waals surface area contributed by atoms with E-state index < -0.39 is 0 Å². The quantitative estimate of drug-likeness (QED) is 0.728. The Morgan fingerprint density at radius 3 is 2.79 bits per heavy atom. The molecule has 1 fully saturated rings. The minimum absolute atomic E-state index is 0.800. The Balaban J connectivity index is 2.27. The van der Waals surface area contributed by atoms with E-state index >= 15 is 0 Å². The highest BCUT2D eigenvalue weighted by atomic mass is 32.2. The van der Waals surface area contributed by atoms with Gasteiger partial charge in [-0.15, -0.1) is 0 Å². The Morgan fingerprint density at radius 1 is 1.36 bits per heavy atom. The van der Waals surface area contributed by atoms with Crippen LogP contribution < -0.4 is 5.32 Å². The third kappa shape index (κ3) is 3.82. The van der Waals surface area contributed by atoms with Crippen LogP contribution in [-0.2, 0) is 0 Å². The molecule has 0 amide bonds. The van der Waals surface area contributed by atoms with Crippen molar-refractivity contribution in [2.45, 2.75) is 69.4 Å². The van der Waals surface area contributed by atoms with Crippen molar-refractivity contribution >= 4 is 11.8 Å². The van der Waals surface area contributed by atoms with E-state index in [0.29, 0.717) is 0 Å². The predicted octanol–water partition coefficient (Wildman–Crippen LogP) is 3.44. The van der Waals surface area contributed by atoms with Gasteiger partial charge in [0.15, 0.2) is 0 Å². The van der Waals surface area contributed by atoms with Crippen molar-refractivity contribution < 1.29 is 0 Å². The molecule has 3 unspecified atom stereocenters. The smallest absolute Gasteiger partial charge is 0.0203 e. The van der Waals surface area contributed by atoms with Crippen LogP contribution in [0.3, 0.4) is 0 Å². The van der Waals surface area contributed by atoms with Gasteiger partial charge in [0.25, 0.3) is 0 Å². The highest BCUT2D eigenvalue weighted by Crippen LogP contribution is 2.33. The molecular formula is C12H25NS. The van der Waals surface area contributed by atoms with Gasteiger partial charge >= 0.3 is 0 Å². The van der Waals surface area contributed by atoms with Gasteiger partial charge in [-0.3, -0.25) is 0 Å². The second kappa shape index (κ2) is 6.73. The summed E-state index contributed by atoms with van der Waals surface area (Å²) in [7, 11) is 0. The average molecular weight is 215 g/mol. The van der Waals surface area contributed by atoms with Gasteiger partial charge in [0.1, 0.15) is 0 Å². The normalized spacial score (nSPS) is 29.4. The van der Waals surface area contributed by atoms with Gasteiger partial charge in [-0.1, -0.05) is 27.2 Å². The second-order valence-corrected chi connectivity index (χ2v) is 6.07. The van der Waals surface area contributed by atoms with Crippen LogP contribution in [-0.4, -0.2) is 23.1 Å². The van der Waals surface area contributed by atoms with Crippen molar-refractivity contribution in [3.05, 3.63) is 0 Å². The molecule has 2 heteroatoms. The Bertz CT molecular complexity index is 149. The summed E-state index contributed by atoms with van der Waals surface area (Å²) in [4.78, 5) is 0. The highest BCUT2D eigenvalue weighted by Gasteiger charge is 2.27. The molecule has 0 aromatic carbocycles. The summed E-state index contributed by atoms with van der Waals surface area (Å²) >= 11 is 2.20. The van der Waals surface area contributed by atoms with Crippen LogP contribution in [0.2, 0.25) is 0 Å². The first-order chi connectivity index (χ1) is 6.77. The van der Waals surface area contributed by atoms with Crippen molar-refractivity contribution in [3.63, 3.8) is 0 Å². The fourth-order valence-electron chi connectivity index (χ4n) is 2.05. The first-order valence-corrected chi connectivity index (χ1v) is 7.11. The first-order valence-electron chi connectivity index (χ1n) is 6.16. The number of rotatable bonds is 6. The zero-order chi connectivity index (χ0) is 10.4. The standard InChI is InChI=1S/C12H25NS/c1-4-9-13-11-7-6-8-12(11)14-10(3)5-2/h10-13H,4-9H2,1-3H3. The third-order valence-electron chi connectivity index (χ3n) is 3.09. The summed E-state index contributed by atoms with van der Waals surface area (Å²) in [5.41, 5.74) is 0. The molecule has 1 aliphatic rings. The molecule has 14 heavy (non-hydrogen) atoms. The van der Waals surface area contributed by atoms with Crippen LogP contribution >= 0.6 is 11.8 Å². The Kier molecular flexibility index (Phi) is 5.95. The summed E-state index contributed by atoms with van der Waals surface area (Å²) in [6, 6.07) is 0.800. The summed E-state index contributed by atoms with van der Waals surface area (Å²) in [5, 5.41) is 5.41. The second-order valence-electron chi connectivity index (χ2n) is 4.38. The first kappa shape index (κ1) is 12.4. The van der Waals surface area contributed by atoms with E-state index in [4.69, 9.17) is 0 Å². The zero-order valence-corrected chi connectivity index (χ0v) is 10.7. The van der Waals surface area contributed by atoms with Crippen LogP contribution in [0.25, 0.3) is 0 Å². The van der Waals surface area contributed by atoms with Gasteiger partial charge < -0.3 is 5.32 Å². The van der Waals surface area contributed by atoms with Crippen molar-refractivity contribution in [2.75, 3.05) is 6.54 Å². The topological polar surface area (TPSA) is 12.0 Å². The molecule has 3 atom stereocenters. The van der Waals surface area contributed by atoms with Crippen molar-refractivity contribution in [2.24, 2.45) is 0 Å². The van der Waals surface area contributed by atoms with E-state index in [9.17, 15) is 0 Å². The zero-order valence-electron chi connectivity index (χ0n) is 9.88. The molecule has 0 aliphatic heterocycles. The Hall–Kier alpha value is 0.310. The van der Waals surface area contributed by atoms with Crippen LogP contribution in [0.15, 0.2) is 0 Å². The van der Waals surface area contributed by atoms with E-state index in [2.05, 4.69) is 37.8 Å². The average Bonchev–Trinajstić information content (AvgIpc) is 2.62. The molecule has 0 aromatic rings. The summed E-state index contributed by atoms with van der Waals surface area (Å²) in [6.45, 7) is 8.10. The Labute approximate surface area is 93.4 Å². The maximum absolute atomic E-state index is 3.69. The van der Waals surface area contributed by atoms with Crippen molar-refractivity contribution in [1.29, 1.82) is 0 Å². The molecule has 84 valence electrons. The number of thioether (sulfide) groups is 1. The van der Waals surface area contributed by atoms with Gasteiger partial charge in [0.05, 0.1) is 0 Å². The Morgan fingerprint density at radius 2 is 2.14 bits per heavy atom. The van der Waals surface area contributed by atoms with Gasteiger partial charge in [0.2, 0.25) is 0 Å². The molecule has 0 aromatic heterocycles. The minimum Gasteiger partial charge on any atom is -0.313 e. The monoisotopic (exact) mass is 215 g/mol. The van der Waals surface area contributed by atoms with Gasteiger partial charge in [0, 0.05) is 16.5 Å².